The van der Waals surface area contributed by atoms with E-state index in [1.165, 1.54) is 32.4 Å². The van der Waals surface area contributed by atoms with E-state index >= 15 is 0 Å². The van der Waals surface area contributed by atoms with Gasteiger partial charge >= 0.3 is 0 Å². The Morgan fingerprint density at radius 1 is 1.21 bits per heavy atom. The number of nitrogens with zero attached hydrogens (tertiary/aromatic N) is 1. The molecular weight excluding hydrogens is 232 g/mol. The molecule has 0 bridgehead atoms. The summed E-state index contributed by atoms with van der Waals surface area (Å²) in [5.74, 6) is 1.58. The highest BCUT2D eigenvalue weighted by Crippen LogP contribution is 2.53. The zero-order chi connectivity index (χ0) is 14.3. The van der Waals surface area contributed by atoms with Crippen LogP contribution in [0.4, 0.5) is 0 Å². The predicted octanol–water partition coefficient (Wildman–Crippen LogP) is 3.52. The van der Waals surface area contributed by atoms with E-state index in [1.54, 1.807) is 0 Å². The molecule has 0 aromatic carbocycles. The maximum atomic E-state index is 3.80. The summed E-state index contributed by atoms with van der Waals surface area (Å²) in [6, 6.07) is 0.718. The predicted molar refractivity (Wildman–Crippen MR) is 83.4 cm³/mol. The van der Waals surface area contributed by atoms with Gasteiger partial charge in [-0.25, -0.2) is 0 Å². The highest BCUT2D eigenvalue weighted by atomic mass is 15.3. The van der Waals surface area contributed by atoms with E-state index in [9.17, 15) is 0 Å². The monoisotopic (exact) mass is 266 g/mol. The summed E-state index contributed by atoms with van der Waals surface area (Å²) in [5, 5.41) is 3.80. The molecule has 2 heteroatoms. The van der Waals surface area contributed by atoms with Crippen LogP contribution >= 0.6 is 0 Å². The third-order valence-electron chi connectivity index (χ3n) is 5.94. The zero-order valence-corrected chi connectivity index (χ0v) is 13.9. The Labute approximate surface area is 120 Å². The maximum absolute atomic E-state index is 3.80. The third kappa shape index (κ3) is 3.16. The largest absolute Gasteiger partial charge is 0.309 e. The molecule has 19 heavy (non-hydrogen) atoms. The summed E-state index contributed by atoms with van der Waals surface area (Å²) in [4.78, 5) is 2.82. The first-order chi connectivity index (χ1) is 8.82. The van der Waals surface area contributed by atoms with E-state index in [-0.39, 0.29) is 0 Å². The van der Waals surface area contributed by atoms with Gasteiger partial charge in [0.05, 0.1) is 0 Å². The lowest BCUT2D eigenvalue weighted by Crippen LogP contribution is -2.64. The average molecular weight is 266 g/mol. The standard InChI is InChI=1S/C17H34N2/c1-7-16(6)11-19(15(10-18-16)13(2)3)12-17(8-9-17)14(4)5/h13-15,18H,7-12H2,1-6H3. The van der Waals surface area contributed by atoms with Crippen LogP contribution in [0.25, 0.3) is 0 Å². The Bertz CT molecular complexity index is 306. The fourth-order valence-electron chi connectivity index (χ4n) is 3.65. The fourth-order valence-corrected chi connectivity index (χ4v) is 3.65. The lowest BCUT2D eigenvalue weighted by molar-refractivity contribution is 0.0354. The molecule has 0 amide bonds. The molecule has 1 aliphatic carbocycles. The molecule has 1 saturated carbocycles. The van der Waals surface area contributed by atoms with Crippen molar-refractivity contribution in [3.05, 3.63) is 0 Å². The summed E-state index contributed by atoms with van der Waals surface area (Å²) >= 11 is 0. The van der Waals surface area contributed by atoms with Gasteiger partial charge in [0.25, 0.3) is 0 Å². The Hall–Kier alpha value is -0.0800. The number of rotatable bonds is 5. The number of hydrogen-bond donors (Lipinski definition) is 1. The second-order valence-electron chi connectivity index (χ2n) is 8.03. The summed E-state index contributed by atoms with van der Waals surface area (Å²) in [5.41, 5.74) is 0.956. The van der Waals surface area contributed by atoms with Crippen molar-refractivity contribution in [3.8, 4) is 0 Å². The van der Waals surface area contributed by atoms with E-state index in [1.807, 2.05) is 0 Å². The molecule has 2 rings (SSSR count). The lowest BCUT2D eigenvalue weighted by Gasteiger charge is -2.49. The smallest absolute Gasteiger partial charge is 0.0278 e. The highest BCUT2D eigenvalue weighted by Gasteiger charge is 2.48. The first-order valence-corrected chi connectivity index (χ1v) is 8.31. The molecule has 0 spiro atoms. The summed E-state index contributed by atoms with van der Waals surface area (Å²) < 4.78 is 0. The van der Waals surface area contributed by atoms with Crippen LogP contribution in [0.2, 0.25) is 0 Å². The average Bonchev–Trinajstić information content (AvgIpc) is 3.10. The molecule has 1 saturated heterocycles. The fraction of sp³-hybridized carbons (Fsp3) is 1.00. The van der Waals surface area contributed by atoms with Crippen LogP contribution in [0.3, 0.4) is 0 Å². The van der Waals surface area contributed by atoms with Crippen LogP contribution < -0.4 is 5.32 Å². The molecule has 112 valence electrons. The minimum absolute atomic E-state index is 0.318. The van der Waals surface area contributed by atoms with Crippen molar-refractivity contribution in [1.29, 1.82) is 0 Å². The molecule has 1 N–H and O–H groups in total. The van der Waals surface area contributed by atoms with Crippen molar-refractivity contribution < 1.29 is 0 Å². The Balaban J connectivity index is 2.08. The van der Waals surface area contributed by atoms with Gasteiger partial charge in [-0.2, -0.15) is 0 Å². The maximum Gasteiger partial charge on any atom is 0.0278 e. The molecule has 0 radical (unpaired) electrons. The number of piperazine rings is 1. The van der Waals surface area contributed by atoms with Crippen LogP contribution in [-0.2, 0) is 0 Å². The van der Waals surface area contributed by atoms with E-state index in [0.717, 1.165) is 24.4 Å². The molecule has 2 unspecified atom stereocenters. The van der Waals surface area contributed by atoms with Crippen molar-refractivity contribution >= 4 is 0 Å². The normalized spacial score (nSPS) is 35.1. The minimum atomic E-state index is 0.318. The van der Waals surface area contributed by atoms with Crippen molar-refractivity contribution in [1.82, 2.24) is 10.2 Å². The molecule has 0 aromatic rings. The van der Waals surface area contributed by atoms with Crippen LogP contribution in [0.15, 0.2) is 0 Å². The van der Waals surface area contributed by atoms with Crippen LogP contribution in [-0.4, -0.2) is 36.1 Å². The molecule has 1 aliphatic heterocycles. The quantitative estimate of drug-likeness (QED) is 0.819. The number of nitrogens with one attached hydrogen (secondary N) is 1. The molecule has 1 heterocycles. The highest BCUT2D eigenvalue weighted by molar-refractivity contribution is 5.02. The topological polar surface area (TPSA) is 15.3 Å². The Kier molecular flexibility index (Phi) is 4.32. The summed E-state index contributed by atoms with van der Waals surface area (Å²) in [7, 11) is 0. The summed E-state index contributed by atoms with van der Waals surface area (Å²) in [6.07, 6.45) is 4.12. The van der Waals surface area contributed by atoms with Crippen LogP contribution in [0, 0.1) is 17.3 Å². The Morgan fingerprint density at radius 3 is 2.26 bits per heavy atom. The van der Waals surface area contributed by atoms with Gasteiger partial charge in [-0.1, -0.05) is 34.6 Å². The number of hydrogen-bond acceptors (Lipinski definition) is 2. The van der Waals surface area contributed by atoms with Gasteiger partial charge in [-0.15, -0.1) is 0 Å². The minimum Gasteiger partial charge on any atom is -0.309 e. The molecule has 0 aromatic heterocycles. The molecule has 2 atom stereocenters. The molecule has 2 aliphatic rings. The first-order valence-electron chi connectivity index (χ1n) is 8.31. The molecule has 2 nitrogen and oxygen atoms in total. The SMILES string of the molecule is CCC1(C)CN(CC2(C(C)C)CC2)C(C(C)C)CN1. The molecule has 2 fully saturated rings. The van der Waals surface area contributed by atoms with E-state index in [4.69, 9.17) is 0 Å². The summed E-state index contributed by atoms with van der Waals surface area (Å²) in [6.45, 7) is 18.0. The van der Waals surface area contributed by atoms with Gasteiger partial charge in [-0.3, -0.25) is 4.90 Å². The van der Waals surface area contributed by atoms with Gasteiger partial charge in [0.1, 0.15) is 0 Å². The van der Waals surface area contributed by atoms with Gasteiger partial charge in [0, 0.05) is 31.2 Å². The first kappa shape index (κ1) is 15.3. The van der Waals surface area contributed by atoms with Crippen LogP contribution in [0.1, 0.15) is 60.8 Å². The third-order valence-corrected chi connectivity index (χ3v) is 5.94. The second-order valence-corrected chi connectivity index (χ2v) is 8.03. The van der Waals surface area contributed by atoms with Crippen molar-refractivity contribution in [2.75, 3.05) is 19.6 Å². The van der Waals surface area contributed by atoms with Crippen molar-refractivity contribution in [2.24, 2.45) is 17.3 Å². The van der Waals surface area contributed by atoms with Crippen molar-refractivity contribution in [3.63, 3.8) is 0 Å². The van der Waals surface area contributed by atoms with Crippen LogP contribution in [0.5, 0.6) is 0 Å². The van der Waals surface area contributed by atoms with Gasteiger partial charge < -0.3 is 5.32 Å². The molecular formula is C17H34N2. The van der Waals surface area contributed by atoms with E-state index < -0.39 is 0 Å². The lowest BCUT2D eigenvalue weighted by atomic mass is 9.86. The van der Waals surface area contributed by atoms with Gasteiger partial charge in [0.2, 0.25) is 0 Å². The Morgan fingerprint density at radius 2 is 1.84 bits per heavy atom. The van der Waals surface area contributed by atoms with Crippen molar-refractivity contribution in [2.45, 2.75) is 72.4 Å². The van der Waals surface area contributed by atoms with E-state index in [2.05, 4.69) is 51.8 Å². The van der Waals surface area contributed by atoms with Gasteiger partial charge in [0.15, 0.2) is 0 Å². The second kappa shape index (κ2) is 5.37. The van der Waals surface area contributed by atoms with Gasteiger partial charge in [-0.05, 0) is 43.4 Å². The van der Waals surface area contributed by atoms with E-state index in [0.29, 0.717) is 11.0 Å². The zero-order valence-electron chi connectivity index (χ0n) is 13.9.